The van der Waals surface area contributed by atoms with Crippen molar-refractivity contribution in [3.8, 4) is 0 Å². The highest BCUT2D eigenvalue weighted by Gasteiger charge is 2.40. The van der Waals surface area contributed by atoms with Gasteiger partial charge in [0.05, 0.1) is 18.6 Å². The summed E-state index contributed by atoms with van der Waals surface area (Å²) in [6.07, 6.45) is -0.547. The molecule has 9 amide bonds. The van der Waals surface area contributed by atoms with E-state index in [2.05, 4.69) is 31.9 Å². The molecule has 21 heteroatoms. The number of carbonyl (C=O) groups excluding carboxylic acids is 8. The first kappa shape index (κ1) is 59.0. The fourth-order valence-electron chi connectivity index (χ4n) is 7.41. The van der Waals surface area contributed by atoms with Gasteiger partial charge < -0.3 is 57.1 Å². The van der Waals surface area contributed by atoms with Gasteiger partial charge in [0.2, 0.25) is 35.4 Å². The van der Waals surface area contributed by atoms with Crippen molar-refractivity contribution in [1.29, 1.82) is 0 Å². The Morgan fingerprint density at radius 1 is 0.746 bits per heavy atom. The van der Waals surface area contributed by atoms with Crippen LogP contribution >= 0.6 is 0 Å². The van der Waals surface area contributed by atoms with E-state index in [1.165, 1.54) is 26.1 Å². The lowest BCUT2D eigenvalue weighted by atomic mass is 9.89. The Kier molecular flexibility index (Phi) is 26.1. The predicted molar refractivity (Wildman–Crippen MR) is 251 cm³/mol. The lowest BCUT2D eigenvalue weighted by Gasteiger charge is -2.40. The fraction of sp³-hybridized carbons (Fsp3) is 0.674. The van der Waals surface area contributed by atoms with Gasteiger partial charge in [-0.1, -0.05) is 73.9 Å². The SMILES string of the molecule is CC[C@H](C)[C@@H]([C@@H](CC(=O)NC)OC)N(C)C(=O)[C@@H](NC(=O)[C@H](C(C)C)N(C)C(=O)OCc1ccc(NC(=O)[C@H](CCCNC(N)=O)NC(=O)[C@@H](NC(=O)CCCC(=O)O)C(C)C)cc1)C(C)C. The predicted octanol–water partition coefficient (Wildman–Crippen LogP) is 2.71. The zero-order valence-electron chi connectivity index (χ0n) is 41.4. The number of carboxylic acid groups (broad SMARTS) is 1. The van der Waals surface area contributed by atoms with Crippen molar-refractivity contribution in [2.45, 2.75) is 143 Å². The largest absolute Gasteiger partial charge is 0.481 e. The van der Waals surface area contributed by atoms with Crippen LogP contribution in [0.5, 0.6) is 0 Å². The number of nitrogens with one attached hydrogen (secondary N) is 6. The van der Waals surface area contributed by atoms with E-state index >= 15 is 0 Å². The molecule has 0 spiro atoms. The molecule has 0 saturated heterocycles. The van der Waals surface area contributed by atoms with Gasteiger partial charge in [-0.25, -0.2) is 9.59 Å². The van der Waals surface area contributed by atoms with Crippen molar-refractivity contribution in [2.75, 3.05) is 40.1 Å². The van der Waals surface area contributed by atoms with Gasteiger partial charge in [0.25, 0.3) is 0 Å². The monoisotopic (exact) mass is 948 g/mol. The summed E-state index contributed by atoms with van der Waals surface area (Å²) in [4.78, 5) is 118. The molecule has 0 unspecified atom stereocenters. The molecule has 1 aromatic carbocycles. The average molecular weight is 948 g/mol. The van der Waals surface area contributed by atoms with Gasteiger partial charge in [0.15, 0.2) is 0 Å². The summed E-state index contributed by atoms with van der Waals surface area (Å²) in [5.74, 6) is -5.12. The van der Waals surface area contributed by atoms with Crippen LogP contribution in [0.25, 0.3) is 0 Å². The molecule has 0 heterocycles. The maximum atomic E-state index is 14.1. The van der Waals surface area contributed by atoms with E-state index < -0.39 is 84.0 Å². The zero-order valence-corrected chi connectivity index (χ0v) is 41.4. The molecular formula is C46H77N9O12. The van der Waals surface area contributed by atoms with Crippen LogP contribution in [0.4, 0.5) is 15.3 Å². The quantitative estimate of drug-likeness (QED) is 0.0538. The molecular weight excluding hydrogens is 871 g/mol. The third-order valence-corrected chi connectivity index (χ3v) is 11.5. The summed E-state index contributed by atoms with van der Waals surface area (Å²) in [6.45, 7) is 14.4. The van der Waals surface area contributed by atoms with Crippen molar-refractivity contribution in [3.63, 3.8) is 0 Å². The molecule has 67 heavy (non-hydrogen) atoms. The minimum absolute atomic E-state index is 0.0358. The molecule has 0 bridgehead atoms. The highest BCUT2D eigenvalue weighted by Crippen LogP contribution is 2.24. The van der Waals surface area contributed by atoms with Gasteiger partial charge in [0.1, 0.15) is 30.8 Å². The van der Waals surface area contributed by atoms with E-state index in [4.69, 9.17) is 20.3 Å². The number of carbonyl (C=O) groups is 9. The average Bonchev–Trinajstić information content (AvgIpc) is 3.26. The van der Waals surface area contributed by atoms with E-state index in [0.29, 0.717) is 17.7 Å². The number of benzene rings is 1. The second kappa shape index (κ2) is 29.6. The molecule has 0 fully saturated rings. The van der Waals surface area contributed by atoms with E-state index in [-0.39, 0.29) is 81.2 Å². The molecule has 9 N–H and O–H groups in total. The van der Waals surface area contributed by atoms with Gasteiger partial charge >= 0.3 is 18.1 Å². The second-order valence-electron chi connectivity index (χ2n) is 17.8. The Bertz CT molecular complexity index is 1810. The number of rotatable bonds is 29. The number of urea groups is 1. The summed E-state index contributed by atoms with van der Waals surface area (Å²) >= 11 is 0. The number of hydrogen-bond donors (Lipinski definition) is 8. The smallest absolute Gasteiger partial charge is 0.410 e. The minimum atomic E-state index is -1.10. The van der Waals surface area contributed by atoms with Gasteiger partial charge in [-0.05, 0) is 60.6 Å². The van der Waals surface area contributed by atoms with E-state index in [1.807, 2.05) is 13.8 Å². The number of anilines is 1. The summed E-state index contributed by atoms with van der Waals surface area (Å²) < 4.78 is 11.3. The third-order valence-electron chi connectivity index (χ3n) is 11.5. The Labute approximate surface area is 395 Å². The summed E-state index contributed by atoms with van der Waals surface area (Å²) in [7, 11) is 6.09. The molecule has 0 aliphatic carbocycles. The maximum absolute atomic E-state index is 14.1. The van der Waals surface area contributed by atoms with Crippen molar-refractivity contribution >= 4 is 59.2 Å². The summed E-state index contributed by atoms with van der Waals surface area (Å²) in [5.41, 5.74) is 6.05. The van der Waals surface area contributed by atoms with Crippen LogP contribution < -0.4 is 37.6 Å². The molecule has 1 aromatic rings. The first-order valence-electron chi connectivity index (χ1n) is 22.8. The highest BCUT2D eigenvalue weighted by atomic mass is 16.6. The van der Waals surface area contributed by atoms with Crippen LogP contribution in [0.1, 0.15) is 106 Å². The molecule has 0 saturated carbocycles. The lowest BCUT2D eigenvalue weighted by Crippen LogP contribution is -2.60. The topological polar surface area (TPSA) is 297 Å². The number of primary amides is 1. The number of likely N-dealkylation sites (N-methyl/N-ethyl adjacent to an activating group) is 2. The van der Waals surface area contributed by atoms with Crippen LogP contribution in [0.2, 0.25) is 0 Å². The van der Waals surface area contributed by atoms with Crippen LogP contribution in [0, 0.1) is 23.7 Å². The maximum Gasteiger partial charge on any atom is 0.410 e. The molecule has 0 aliphatic rings. The lowest BCUT2D eigenvalue weighted by molar-refractivity contribution is -0.144. The Morgan fingerprint density at radius 3 is 1.87 bits per heavy atom. The summed E-state index contributed by atoms with van der Waals surface area (Å²) in [5, 5.41) is 24.9. The molecule has 0 aromatic heterocycles. The molecule has 21 nitrogen and oxygen atoms in total. The fourth-order valence-corrected chi connectivity index (χ4v) is 7.41. The first-order valence-corrected chi connectivity index (χ1v) is 22.8. The molecule has 0 aliphatic heterocycles. The number of carboxylic acids is 1. The number of nitrogens with two attached hydrogens (primary N) is 1. The first-order chi connectivity index (χ1) is 31.4. The normalized spacial score (nSPS) is 14.3. The third kappa shape index (κ3) is 20.2. The number of aliphatic carboxylic acids is 1. The van der Waals surface area contributed by atoms with Crippen molar-refractivity contribution in [3.05, 3.63) is 29.8 Å². The van der Waals surface area contributed by atoms with Crippen LogP contribution in [0.3, 0.4) is 0 Å². The zero-order chi connectivity index (χ0) is 51.1. The Morgan fingerprint density at radius 2 is 1.36 bits per heavy atom. The van der Waals surface area contributed by atoms with E-state index in [0.717, 1.165) is 0 Å². The molecule has 7 atom stereocenters. The van der Waals surface area contributed by atoms with E-state index in [9.17, 15) is 43.2 Å². The molecule has 1 rings (SSSR count). The second-order valence-corrected chi connectivity index (χ2v) is 17.8. The standard InChI is InChI=1S/C46H77N9O12/c1-13-29(8)40(33(66-12)24-35(57)48-9)54(10)44(63)38(27(4)5)53-43(62)39(28(6)7)55(11)46(65)67-25-30-19-21-31(22-20-30)50-41(60)32(16-15-23-49-45(47)64)51-42(61)37(26(2)3)52-34(56)17-14-18-36(58)59/h19-22,26-29,32-33,37-40H,13-18,23-25H2,1-12H3,(H,48,57)(H,50,60)(H,51,61)(H,52,56)(H,53,62)(H,58,59)(H3,47,49,64)/t29-,32-,33+,37-,38-,39-,40-/m0/s1. The van der Waals surface area contributed by atoms with Gasteiger partial charge in [-0.15, -0.1) is 0 Å². The number of ether oxygens (including phenoxy) is 2. The number of amides is 9. The number of nitrogens with zero attached hydrogens (tertiary/aromatic N) is 2. The van der Waals surface area contributed by atoms with Crippen LogP contribution in [-0.2, 0) is 49.6 Å². The number of hydrogen-bond acceptors (Lipinski definition) is 11. The molecule has 0 radical (unpaired) electrons. The molecule has 378 valence electrons. The summed E-state index contributed by atoms with van der Waals surface area (Å²) in [6, 6.07) is 0.997. The van der Waals surface area contributed by atoms with Crippen LogP contribution in [0.15, 0.2) is 24.3 Å². The minimum Gasteiger partial charge on any atom is -0.481 e. The highest BCUT2D eigenvalue weighted by molar-refractivity contribution is 5.98. The Balaban J connectivity index is 3.12. The van der Waals surface area contributed by atoms with E-state index in [1.54, 1.807) is 77.8 Å². The van der Waals surface area contributed by atoms with Gasteiger partial charge in [0, 0.05) is 53.3 Å². The van der Waals surface area contributed by atoms with Gasteiger partial charge in [-0.2, -0.15) is 0 Å². The van der Waals surface area contributed by atoms with Crippen molar-refractivity contribution in [2.24, 2.45) is 29.4 Å². The Hall–Kier alpha value is -5.99. The van der Waals surface area contributed by atoms with Crippen molar-refractivity contribution in [1.82, 2.24) is 36.4 Å². The van der Waals surface area contributed by atoms with Crippen molar-refractivity contribution < 1.29 is 57.7 Å². The van der Waals surface area contributed by atoms with Crippen LogP contribution in [-0.4, -0.2) is 140 Å². The number of methoxy groups -OCH3 is 1. The van der Waals surface area contributed by atoms with Gasteiger partial charge in [-0.3, -0.25) is 38.5 Å².